The van der Waals surface area contributed by atoms with E-state index < -0.39 is 4.92 Å². The van der Waals surface area contributed by atoms with Crippen LogP contribution < -0.4 is 0 Å². The quantitative estimate of drug-likeness (QED) is 0.480. The highest BCUT2D eigenvalue weighted by Crippen LogP contribution is 2.33. The molecule has 4 rings (SSSR count). The van der Waals surface area contributed by atoms with Crippen LogP contribution in [0.25, 0.3) is 11.4 Å². The van der Waals surface area contributed by atoms with Crippen molar-refractivity contribution in [1.82, 2.24) is 15.0 Å². The Bertz CT molecular complexity index is 1050. The van der Waals surface area contributed by atoms with Gasteiger partial charge in [0, 0.05) is 34.8 Å². The Kier molecular flexibility index (Phi) is 4.79. The van der Waals surface area contributed by atoms with Crippen molar-refractivity contribution < 1.29 is 14.2 Å². The van der Waals surface area contributed by atoms with Crippen LogP contribution in [0.5, 0.6) is 0 Å². The second kappa shape index (κ2) is 7.40. The van der Waals surface area contributed by atoms with Gasteiger partial charge in [-0.2, -0.15) is 4.98 Å². The smallest absolute Gasteiger partial charge is 0.270 e. The number of benzene rings is 2. The summed E-state index contributed by atoms with van der Waals surface area (Å²) in [5, 5.41) is 15.5. The third-order valence-corrected chi connectivity index (χ3v) is 4.86. The van der Waals surface area contributed by atoms with Crippen molar-refractivity contribution in [3.63, 3.8) is 0 Å². The van der Waals surface area contributed by atoms with Gasteiger partial charge in [-0.3, -0.25) is 14.9 Å². The summed E-state index contributed by atoms with van der Waals surface area (Å²) < 4.78 is 5.41. The van der Waals surface area contributed by atoms with Crippen molar-refractivity contribution in [2.45, 2.75) is 18.9 Å². The van der Waals surface area contributed by atoms with E-state index in [4.69, 9.17) is 16.1 Å². The number of nitro benzene ring substituents is 1. The van der Waals surface area contributed by atoms with E-state index in [0.717, 1.165) is 12.0 Å². The van der Waals surface area contributed by atoms with E-state index in [9.17, 15) is 14.9 Å². The molecule has 1 aliphatic heterocycles. The Labute approximate surface area is 164 Å². The number of non-ortho nitro benzene ring substituents is 1. The van der Waals surface area contributed by atoms with Gasteiger partial charge in [-0.15, -0.1) is 0 Å². The van der Waals surface area contributed by atoms with Gasteiger partial charge in [0.25, 0.3) is 11.6 Å². The van der Waals surface area contributed by atoms with Crippen LogP contribution in [-0.4, -0.2) is 32.4 Å². The summed E-state index contributed by atoms with van der Waals surface area (Å²) in [4.78, 5) is 29.4. The lowest BCUT2D eigenvalue weighted by Crippen LogP contribution is -2.30. The zero-order valence-corrected chi connectivity index (χ0v) is 15.4. The lowest BCUT2D eigenvalue weighted by molar-refractivity contribution is -0.384. The summed E-state index contributed by atoms with van der Waals surface area (Å²) in [6.07, 6.45) is 1.46. The summed E-state index contributed by atoms with van der Waals surface area (Å²) in [5.74, 6) is 0.437. The van der Waals surface area contributed by atoms with Gasteiger partial charge in [-0.25, -0.2) is 0 Å². The molecule has 1 fully saturated rings. The molecule has 28 heavy (non-hydrogen) atoms. The molecule has 2 heterocycles. The van der Waals surface area contributed by atoms with Crippen LogP contribution in [0.15, 0.2) is 53.1 Å². The fourth-order valence-corrected chi connectivity index (χ4v) is 3.49. The Balaban J connectivity index is 1.60. The van der Waals surface area contributed by atoms with Gasteiger partial charge >= 0.3 is 0 Å². The second-order valence-electron chi connectivity index (χ2n) is 6.43. The normalized spacial score (nSPS) is 16.3. The van der Waals surface area contributed by atoms with Gasteiger partial charge in [0.05, 0.1) is 4.92 Å². The number of halogens is 1. The zero-order chi connectivity index (χ0) is 19.7. The molecule has 1 saturated heterocycles. The Hall–Kier alpha value is -3.26. The van der Waals surface area contributed by atoms with E-state index in [1.807, 2.05) is 6.07 Å². The molecule has 1 atom stereocenters. The Morgan fingerprint density at radius 3 is 2.86 bits per heavy atom. The number of hydrogen-bond acceptors (Lipinski definition) is 6. The lowest BCUT2D eigenvalue weighted by atomic mass is 10.1. The van der Waals surface area contributed by atoms with Crippen LogP contribution in [0.1, 0.15) is 35.1 Å². The second-order valence-corrected chi connectivity index (χ2v) is 6.87. The molecule has 1 aromatic heterocycles. The fraction of sp³-hybridized carbons (Fsp3) is 0.211. The number of rotatable bonds is 4. The maximum absolute atomic E-state index is 12.9. The molecule has 0 bridgehead atoms. The van der Waals surface area contributed by atoms with Crippen LogP contribution in [-0.2, 0) is 0 Å². The van der Waals surface area contributed by atoms with E-state index in [1.54, 1.807) is 29.2 Å². The number of hydrogen-bond donors (Lipinski definition) is 0. The minimum absolute atomic E-state index is 0.123. The van der Waals surface area contributed by atoms with Crippen molar-refractivity contribution in [3.05, 3.63) is 75.1 Å². The first kappa shape index (κ1) is 18.1. The van der Waals surface area contributed by atoms with E-state index in [0.29, 0.717) is 29.7 Å². The molecular weight excluding hydrogens is 384 g/mol. The third-order valence-electron chi connectivity index (χ3n) is 4.63. The predicted molar refractivity (Wildman–Crippen MR) is 101 cm³/mol. The van der Waals surface area contributed by atoms with Crippen LogP contribution in [0.2, 0.25) is 5.02 Å². The molecule has 1 unspecified atom stereocenters. The van der Waals surface area contributed by atoms with Gasteiger partial charge in [0.2, 0.25) is 11.7 Å². The Morgan fingerprint density at radius 2 is 2.07 bits per heavy atom. The zero-order valence-electron chi connectivity index (χ0n) is 14.6. The fourth-order valence-electron chi connectivity index (χ4n) is 3.30. The minimum atomic E-state index is -0.520. The van der Waals surface area contributed by atoms with E-state index in [1.165, 1.54) is 18.2 Å². The largest absolute Gasteiger partial charge is 0.337 e. The summed E-state index contributed by atoms with van der Waals surface area (Å²) >= 11 is 6.01. The first-order chi connectivity index (χ1) is 13.5. The molecule has 0 aliphatic carbocycles. The number of carbonyl (C=O) groups excluding carboxylic acids is 1. The van der Waals surface area contributed by atoms with E-state index >= 15 is 0 Å². The number of aromatic nitrogens is 2. The van der Waals surface area contributed by atoms with Crippen molar-refractivity contribution in [1.29, 1.82) is 0 Å². The average molecular weight is 399 g/mol. The van der Waals surface area contributed by atoms with Gasteiger partial charge in [-0.1, -0.05) is 35.0 Å². The molecule has 0 radical (unpaired) electrons. The van der Waals surface area contributed by atoms with Crippen molar-refractivity contribution in [3.8, 4) is 11.4 Å². The number of carbonyl (C=O) groups is 1. The van der Waals surface area contributed by atoms with Crippen LogP contribution in [0, 0.1) is 10.1 Å². The lowest BCUT2D eigenvalue weighted by Gasteiger charge is -2.21. The highest BCUT2D eigenvalue weighted by atomic mass is 35.5. The molecular formula is C19H15ClN4O4. The third kappa shape index (κ3) is 3.46. The van der Waals surface area contributed by atoms with Crippen molar-refractivity contribution in [2.75, 3.05) is 6.54 Å². The maximum atomic E-state index is 12.9. The van der Waals surface area contributed by atoms with Crippen molar-refractivity contribution in [2.24, 2.45) is 0 Å². The van der Waals surface area contributed by atoms with Gasteiger partial charge in [-0.05, 0) is 31.0 Å². The van der Waals surface area contributed by atoms with E-state index in [-0.39, 0.29) is 23.2 Å². The van der Waals surface area contributed by atoms with Crippen molar-refractivity contribution >= 4 is 23.2 Å². The van der Waals surface area contributed by atoms with Crippen LogP contribution >= 0.6 is 11.6 Å². The summed E-state index contributed by atoms with van der Waals surface area (Å²) in [6.45, 7) is 0.515. The standard InChI is InChI=1S/C19H15ClN4O4/c20-14-6-1-4-12(10-14)17-21-18(28-22-17)16-8-3-9-23(16)19(25)13-5-2-7-15(11-13)24(26)27/h1-2,4-7,10-11,16H,3,8-9H2. The van der Waals surface area contributed by atoms with Crippen LogP contribution in [0.3, 0.4) is 0 Å². The molecule has 0 spiro atoms. The van der Waals surface area contributed by atoms with Gasteiger partial charge in [0.15, 0.2) is 0 Å². The molecule has 9 heteroatoms. The monoisotopic (exact) mass is 398 g/mol. The van der Waals surface area contributed by atoms with E-state index in [2.05, 4.69) is 10.1 Å². The number of amides is 1. The SMILES string of the molecule is O=C(c1cccc([N+](=O)[O-])c1)N1CCCC1c1nc(-c2cccc(Cl)c2)no1. The molecule has 1 amide bonds. The first-order valence-electron chi connectivity index (χ1n) is 8.68. The maximum Gasteiger partial charge on any atom is 0.270 e. The number of nitro groups is 1. The predicted octanol–water partition coefficient (Wildman–Crippen LogP) is 4.28. The van der Waals surface area contributed by atoms with Gasteiger partial charge < -0.3 is 9.42 Å². The number of likely N-dealkylation sites (tertiary alicyclic amines) is 1. The highest BCUT2D eigenvalue weighted by molar-refractivity contribution is 6.30. The highest BCUT2D eigenvalue weighted by Gasteiger charge is 2.35. The molecule has 142 valence electrons. The van der Waals surface area contributed by atoms with Crippen LogP contribution in [0.4, 0.5) is 5.69 Å². The summed E-state index contributed by atoms with van der Waals surface area (Å²) in [6, 6.07) is 12.4. The molecule has 2 aromatic carbocycles. The molecule has 0 N–H and O–H groups in total. The first-order valence-corrected chi connectivity index (χ1v) is 9.06. The minimum Gasteiger partial charge on any atom is -0.337 e. The Morgan fingerprint density at radius 1 is 1.25 bits per heavy atom. The molecule has 0 saturated carbocycles. The topological polar surface area (TPSA) is 102 Å². The molecule has 8 nitrogen and oxygen atoms in total. The average Bonchev–Trinajstić information content (AvgIpc) is 3.37. The molecule has 1 aliphatic rings. The molecule has 3 aromatic rings. The summed E-state index contributed by atoms with van der Waals surface area (Å²) in [5.41, 5.74) is 0.857. The number of nitrogens with zero attached hydrogens (tertiary/aromatic N) is 4. The van der Waals surface area contributed by atoms with Gasteiger partial charge in [0.1, 0.15) is 6.04 Å². The summed E-state index contributed by atoms with van der Waals surface area (Å²) in [7, 11) is 0.